The topological polar surface area (TPSA) is 92.4 Å². The lowest BCUT2D eigenvalue weighted by Gasteiger charge is -2.35. The number of nitrogens with one attached hydrogen (secondary N) is 1. The molecule has 0 unspecified atom stereocenters. The van der Waals surface area contributed by atoms with Crippen LogP contribution in [0.15, 0.2) is 6.20 Å². The fourth-order valence-corrected chi connectivity index (χ4v) is 2.64. The highest BCUT2D eigenvalue weighted by Gasteiger charge is 2.27. The van der Waals surface area contributed by atoms with Crippen molar-refractivity contribution in [1.29, 1.82) is 5.26 Å². The summed E-state index contributed by atoms with van der Waals surface area (Å²) in [5.74, 6) is 0.0929. The number of pyridine rings is 1. The molecular weight excluding hydrogens is 327 g/mol. The zero-order valence-corrected chi connectivity index (χ0v) is 14.1. The van der Waals surface area contributed by atoms with Gasteiger partial charge in [-0.2, -0.15) is 5.26 Å². The molecule has 3 N–H and O–H groups in total. The van der Waals surface area contributed by atoms with Gasteiger partial charge in [-0.3, -0.25) is 9.88 Å². The van der Waals surface area contributed by atoms with Gasteiger partial charge in [0.25, 0.3) is 0 Å². The Morgan fingerprint density at radius 1 is 1.41 bits per heavy atom. The maximum absolute atomic E-state index is 10.3. The summed E-state index contributed by atoms with van der Waals surface area (Å²) in [4.78, 5) is 6.25. The zero-order valence-electron chi connectivity index (χ0n) is 12.4. The van der Waals surface area contributed by atoms with Crippen molar-refractivity contribution in [3.05, 3.63) is 23.0 Å². The van der Waals surface area contributed by atoms with E-state index in [1.165, 1.54) is 0 Å². The standard InChI is InChI=1S/C14H20N4O2.2ClH/c1-10-14(20)13(11(9-19)8-17-10)12(2-3-15)18-6-4-16-5-7-18;;/h8,12,16,19-20H,2,4-7,9H2,1H3;2*1H/t12-;;/m1../s1. The van der Waals surface area contributed by atoms with Crippen LogP contribution in [-0.4, -0.2) is 46.3 Å². The van der Waals surface area contributed by atoms with Crippen LogP contribution in [0.3, 0.4) is 0 Å². The summed E-state index contributed by atoms with van der Waals surface area (Å²) in [6.07, 6.45) is 1.86. The average Bonchev–Trinajstić information content (AvgIpc) is 2.49. The van der Waals surface area contributed by atoms with Gasteiger partial charge in [0.15, 0.2) is 0 Å². The molecule has 1 aromatic heterocycles. The van der Waals surface area contributed by atoms with E-state index in [2.05, 4.69) is 21.3 Å². The molecule has 22 heavy (non-hydrogen) atoms. The van der Waals surface area contributed by atoms with Crippen molar-refractivity contribution in [3.8, 4) is 11.8 Å². The Morgan fingerprint density at radius 3 is 2.59 bits per heavy atom. The summed E-state index contributed by atoms with van der Waals surface area (Å²) >= 11 is 0. The van der Waals surface area contributed by atoms with E-state index in [9.17, 15) is 10.2 Å². The van der Waals surface area contributed by atoms with E-state index in [1.807, 2.05) is 0 Å². The van der Waals surface area contributed by atoms with Crippen LogP contribution in [0.4, 0.5) is 0 Å². The first kappa shape index (κ1) is 20.9. The summed E-state index contributed by atoms with van der Waals surface area (Å²) in [5, 5.41) is 32.2. The maximum Gasteiger partial charge on any atom is 0.141 e. The largest absolute Gasteiger partial charge is 0.506 e. The van der Waals surface area contributed by atoms with Crippen molar-refractivity contribution >= 4 is 24.8 Å². The van der Waals surface area contributed by atoms with Crippen molar-refractivity contribution in [2.24, 2.45) is 0 Å². The Kier molecular flexibility index (Phi) is 9.33. The molecule has 0 aliphatic carbocycles. The highest BCUT2D eigenvalue weighted by Crippen LogP contribution is 2.35. The van der Waals surface area contributed by atoms with Gasteiger partial charge in [-0.05, 0) is 6.92 Å². The molecule has 124 valence electrons. The molecular formula is C14H22Cl2N4O2. The van der Waals surface area contributed by atoms with Crippen LogP contribution in [0.25, 0.3) is 0 Å². The quantitative estimate of drug-likeness (QED) is 0.759. The van der Waals surface area contributed by atoms with Gasteiger partial charge in [-0.25, -0.2) is 0 Å². The average molecular weight is 349 g/mol. The van der Waals surface area contributed by atoms with Crippen molar-refractivity contribution in [3.63, 3.8) is 0 Å². The molecule has 1 atom stereocenters. The van der Waals surface area contributed by atoms with Crippen LogP contribution in [-0.2, 0) is 6.61 Å². The second kappa shape index (κ2) is 9.82. The van der Waals surface area contributed by atoms with Gasteiger partial charge < -0.3 is 15.5 Å². The first-order valence-electron chi connectivity index (χ1n) is 6.79. The molecule has 0 spiro atoms. The van der Waals surface area contributed by atoms with Crippen LogP contribution in [0.1, 0.15) is 29.3 Å². The predicted molar refractivity (Wildman–Crippen MR) is 88.5 cm³/mol. The van der Waals surface area contributed by atoms with Crippen molar-refractivity contribution in [1.82, 2.24) is 15.2 Å². The highest BCUT2D eigenvalue weighted by atomic mass is 35.5. The van der Waals surface area contributed by atoms with Gasteiger partial charge in [0, 0.05) is 43.5 Å². The molecule has 0 radical (unpaired) electrons. The number of nitriles is 1. The molecule has 0 saturated carbocycles. The predicted octanol–water partition coefficient (Wildman–Crippen LogP) is 1.29. The fraction of sp³-hybridized carbons (Fsp3) is 0.571. The third-order valence-electron chi connectivity index (χ3n) is 3.74. The lowest BCUT2D eigenvalue weighted by atomic mass is 9.96. The molecule has 6 nitrogen and oxygen atoms in total. The van der Waals surface area contributed by atoms with Gasteiger partial charge in [-0.1, -0.05) is 0 Å². The summed E-state index contributed by atoms with van der Waals surface area (Å²) in [7, 11) is 0. The van der Waals surface area contributed by atoms with Crippen molar-refractivity contribution in [2.75, 3.05) is 26.2 Å². The highest BCUT2D eigenvalue weighted by molar-refractivity contribution is 5.85. The van der Waals surface area contributed by atoms with E-state index >= 15 is 0 Å². The number of aliphatic hydroxyl groups excluding tert-OH is 1. The van der Waals surface area contributed by atoms with E-state index < -0.39 is 0 Å². The zero-order chi connectivity index (χ0) is 14.5. The first-order valence-corrected chi connectivity index (χ1v) is 6.79. The van der Waals surface area contributed by atoms with Crippen LogP contribution in [0, 0.1) is 18.3 Å². The van der Waals surface area contributed by atoms with Crippen LogP contribution < -0.4 is 5.32 Å². The minimum Gasteiger partial charge on any atom is -0.506 e. The number of aromatic nitrogens is 1. The molecule has 0 bridgehead atoms. The smallest absolute Gasteiger partial charge is 0.141 e. The minimum atomic E-state index is -0.203. The summed E-state index contributed by atoms with van der Waals surface area (Å²) in [6, 6.07) is 1.98. The number of aryl methyl sites for hydroxylation is 1. The van der Waals surface area contributed by atoms with Crippen molar-refractivity contribution in [2.45, 2.75) is 26.0 Å². The monoisotopic (exact) mass is 348 g/mol. The molecule has 1 saturated heterocycles. The van der Waals surface area contributed by atoms with E-state index in [-0.39, 0.29) is 49.6 Å². The lowest BCUT2D eigenvalue weighted by molar-refractivity contribution is 0.169. The van der Waals surface area contributed by atoms with Gasteiger partial charge in [0.2, 0.25) is 0 Å². The van der Waals surface area contributed by atoms with Gasteiger partial charge in [0.1, 0.15) is 5.75 Å². The van der Waals surface area contributed by atoms with Crippen molar-refractivity contribution < 1.29 is 10.2 Å². The molecule has 1 fully saturated rings. The Morgan fingerprint density at radius 2 is 2.05 bits per heavy atom. The third-order valence-corrected chi connectivity index (χ3v) is 3.74. The Labute approximate surface area is 143 Å². The molecule has 1 aliphatic rings. The van der Waals surface area contributed by atoms with E-state index in [4.69, 9.17) is 5.26 Å². The second-order valence-electron chi connectivity index (χ2n) is 4.95. The molecule has 2 heterocycles. The number of hydrogen-bond acceptors (Lipinski definition) is 6. The van der Waals surface area contributed by atoms with E-state index in [0.717, 1.165) is 26.2 Å². The number of aliphatic hydroxyl groups is 1. The second-order valence-corrected chi connectivity index (χ2v) is 4.95. The normalized spacial score (nSPS) is 16.0. The molecule has 0 amide bonds. The Bertz CT molecular complexity index is 516. The third kappa shape index (κ3) is 4.45. The Hall–Kier alpha value is -1.10. The van der Waals surface area contributed by atoms with Gasteiger partial charge in [0.05, 0.1) is 30.8 Å². The number of nitrogens with zero attached hydrogens (tertiary/aromatic N) is 3. The molecule has 0 aromatic carbocycles. The molecule has 2 rings (SSSR count). The van der Waals surface area contributed by atoms with Gasteiger partial charge >= 0.3 is 0 Å². The van der Waals surface area contributed by atoms with Crippen LogP contribution in [0.2, 0.25) is 0 Å². The number of rotatable bonds is 4. The summed E-state index contributed by atoms with van der Waals surface area (Å²) < 4.78 is 0. The minimum absolute atomic E-state index is 0. The number of hydrogen-bond donors (Lipinski definition) is 3. The Balaban J connectivity index is 0.00000220. The molecule has 8 heteroatoms. The number of halogens is 2. The van der Waals surface area contributed by atoms with Crippen LogP contribution >= 0.6 is 24.8 Å². The summed E-state index contributed by atoms with van der Waals surface area (Å²) in [6.45, 7) is 4.89. The first-order chi connectivity index (χ1) is 9.69. The maximum atomic E-state index is 10.3. The van der Waals surface area contributed by atoms with E-state index in [1.54, 1.807) is 13.1 Å². The SMILES string of the molecule is Cc1ncc(CO)c([C@@H](CC#N)N2CCNCC2)c1O.Cl.Cl. The van der Waals surface area contributed by atoms with E-state index in [0.29, 0.717) is 16.8 Å². The summed E-state index contributed by atoms with van der Waals surface area (Å²) in [5.41, 5.74) is 1.76. The molecule has 1 aliphatic heterocycles. The van der Waals surface area contributed by atoms with Gasteiger partial charge in [-0.15, -0.1) is 24.8 Å². The number of aromatic hydroxyl groups is 1. The molecule has 1 aromatic rings. The van der Waals surface area contributed by atoms with Crippen LogP contribution in [0.5, 0.6) is 5.75 Å². The fourth-order valence-electron chi connectivity index (χ4n) is 2.64. The lowest BCUT2D eigenvalue weighted by Crippen LogP contribution is -2.45. The number of piperazine rings is 1.